The number of aromatic nitrogens is 3. The number of carbonyl (C=O) groups excluding carboxylic acids is 1. The molecular formula is C12H20N4OS. The van der Waals surface area contributed by atoms with Crippen molar-refractivity contribution in [1.29, 1.82) is 0 Å². The maximum Gasteiger partial charge on any atom is 0.290 e. The van der Waals surface area contributed by atoms with Crippen molar-refractivity contribution in [2.24, 2.45) is 5.92 Å². The van der Waals surface area contributed by atoms with Crippen molar-refractivity contribution in [2.45, 2.75) is 32.6 Å². The molecule has 0 spiro atoms. The van der Waals surface area contributed by atoms with E-state index in [1.807, 2.05) is 25.6 Å². The standard InChI is InChI=1S/C12H20N4OS/c1-8(2)10-14-11(16-15-10)12(17)13-7-9-3-5-18-6-4-9/h8-9H,3-7H2,1-2H3,(H,13,17)(H,14,15,16). The van der Waals surface area contributed by atoms with Crippen LogP contribution in [0.2, 0.25) is 0 Å². The van der Waals surface area contributed by atoms with E-state index in [0.717, 1.165) is 12.4 Å². The molecule has 1 aromatic rings. The maximum absolute atomic E-state index is 11.9. The number of hydrogen-bond donors (Lipinski definition) is 2. The number of rotatable bonds is 4. The summed E-state index contributed by atoms with van der Waals surface area (Å²) in [6.07, 6.45) is 2.38. The number of thioether (sulfide) groups is 1. The summed E-state index contributed by atoms with van der Waals surface area (Å²) in [5.41, 5.74) is 0. The largest absolute Gasteiger partial charge is 0.349 e. The van der Waals surface area contributed by atoms with Gasteiger partial charge in [0.15, 0.2) is 0 Å². The van der Waals surface area contributed by atoms with Gasteiger partial charge in [-0.1, -0.05) is 13.8 Å². The zero-order valence-corrected chi connectivity index (χ0v) is 11.7. The average molecular weight is 268 g/mol. The van der Waals surface area contributed by atoms with Crippen molar-refractivity contribution in [2.75, 3.05) is 18.1 Å². The molecule has 6 heteroatoms. The first-order valence-corrected chi connectivity index (χ1v) is 7.60. The van der Waals surface area contributed by atoms with E-state index >= 15 is 0 Å². The van der Waals surface area contributed by atoms with E-state index in [1.54, 1.807) is 0 Å². The van der Waals surface area contributed by atoms with Gasteiger partial charge in [-0.15, -0.1) is 5.10 Å². The molecule has 1 fully saturated rings. The molecule has 0 bridgehead atoms. The fraction of sp³-hybridized carbons (Fsp3) is 0.750. The second kappa shape index (κ2) is 6.22. The van der Waals surface area contributed by atoms with Gasteiger partial charge in [0, 0.05) is 12.5 Å². The third-order valence-corrected chi connectivity index (χ3v) is 4.19. The van der Waals surface area contributed by atoms with Gasteiger partial charge in [-0.2, -0.15) is 11.8 Å². The van der Waals surface area contributed by atoms with E-state index in [0.29, 0.717) is 5.92 Å². The Morgan fingerprint density at radius 3 is 2.83 bits per heavy atom. The Balaban J connectivity index is 1.83. The smallest absolute Gasteiger partial charge is 0.290 e. The molecule has 1 aromatic heterocycles. The minimum Gasteiger partial charge on any atom is -0.349 e. The second-order valence-electron chi connectivity index (χ2n) is 4.96. The molecule has 2 rings (SSSR count). The summed E-state index contributed by atoms with van der Waals surface area (Å²) in [5, 5.41) is 9.68. The fourth-order valence-electron chi connectivity index (χ4n) is 1.90. The Morgan fingerprint density at radius 2 is 2.22 bits per heavy atom. The highest BCUT2D eigenvalue weighted by atomic mass is 32.2. The number of aromatic amines is 1. The highest BCUT2D eigenvalue weighted by molar-refractivity contribution is 7.99. The van der Waals surface area contributed by atoms with Gasteiger partial charge in [0.1, 0.15) is 5.82 Å². The number of nitrogens with zero attached hydrogens (tertiary/aromatic N) is 2. The van der Waals surface area contributed by atoms with Crippen LogP contribution in [0.3, 0.4) is 0 Å². The molecule has 100 valence electrons. The Morgan fingerprint density at radius 1 is 1.50 bits per heavy atom. The van der Waals surface area contributed by atoms with Crippen LogP contribution in [0.25, 0.3) is 0 Å². The van der Waals surface area contributed by atoms with Gasteiger partial charge in [0.05, 0.1) is 0 Å². The highest BCUT2D eigenvalue weighted by Gasteiger charge is 2.17. The van der Waals surface area contributed by atoms with Gasteiger partial charge < -0.3 is 5.32 Å². The molecule has 18 heavy (non-hydrogen) atoms. The predicted octanol–water partition coefficient (Wildman–Crippen LogP) is 1.80. The Bertz CT molecular complexity index is 399. The molecule has 1 aliphatic rings. The third-order valence-electron chi connectivity index (χ3n) is 3.14. The van der Waals surface area contributed by atoms with Crippen LogP contribution in [-0.4, -0.2) is 39.1 Å². The third kappa shape index (κ3) is 3.48. The topological polar surface area (TPSA) is 70.7 Å². The number of H-pyrrole nitrogens is 1. The normalized spacial score (nSPS) is 17.1. The van der Waals surface area contributed by atoms with Crippen molar-refractivity contribution in [3.05, 3.63) is 11.6 Å². The van der Waals surface area contributed by atoms with Crippen LogP contribution in [-0.2, 0) is 0 Å². The Labute approximate surface area is 112 Å². The number of hydrogen-bond acceptors (Lipinski definition) is 4. The quantitative estimate of drug-likeness (QED) is 0.873. The Kier molecular flexibility index (Phi) is 4.63. The van der Waals surface area contributed by atoms with Crippen LogP contribution in [0, 0.1) is 5.92 Å². The average Bonchev–Trinajstić information content (AvgIpc) is 2.87. The van der Waals surface area contributed by atoms with Gasteiger partial charge in [0.25, 0.3) is 5.91 Å². The van der Waals surface area contributed by atoms with Crippen molar-refractivity contribution < 1.29 is 4.79 Å². The molecule has 0 atom stereocenters. The number of carbonyl (C=O) groups is 1. The summed E-state index contributed by atoms with van der Waals surface area (Å²) < 4.78 is 0. The summed E-state index contributed by atoms with van der Waals surface area (Å²) in [6, 6.07) is 0. The summed E-state index contributed by atoms with van der Waals surface area (Å²) in [6.45, 7) is 4.77. The van der Waals surface area contributed by atoms with Gasteiger partial charge >= 0.3 is 0 Å². The van der Waals surface area contributed by atoms with Gasteiger partial charge in [-0.3, -0.25) is 9.89 Å². The zero-order chi connectivity index (χ0) is 13.0. The Hall–Kier alpha value is -1.04. The lowest BCUT2D eigenvalue weighted by Gasteiger charge is -2.21. The van der Waals surface area contributed by atoms with Crippen molar-refractivity contribution >= 4 is 17.7 Å². The summed E-state index contributed by atoms with van der Waals surface area (Å²) >= 11 is 1.99. The van der Waals surface area contributed by atoms with Crippen LogP contribution in [0.1, 0.15) is 49.1 Å². The van der Waals surface area contributed by atoms with Crippen LogP contribution < -0.4 is 5.32 Å². The van der Waals surface area contributed by atoms with E-state index in [9.17, 15) is 4.79 Å². The van der Waals surface area contributed by atoms with E-state index in [1.165, 1.54) is 24.3 Å². The van der Waals surface area contributed by atoms with E-state index in [2.05, 4.69) is 20.5 Å². The second-order valence-corrected chi connectivity index (χ2v) is 6.19. The molecule has 2 heterocycles. The molecule has 0 aromatic carbocycles. The van der Waals surface area contributed by atoms with Gasteiger partial charge in [-0.05, 0) is 30.3 Å². The summed E-state index contributed by atoms with van der Waals surface area (Å²) in [7, 11) is 0. The first-order chi connectivity index (χ1) is 8.66. The summed E-state index contributed by atoms with van der Waals surface area (Å²) in [5.74, 6) is 4.12. The lowest BCUT2D eigenvalue weighted by atomic mass is 10.0. The van der Waals surface area contributed by atoms with Gasteiger partial charge in [-0.25, -0.2) is 4.98 Å². The van der Waals surface area contributed by atoms with E-state index in [4.69, 9.17) is 0 Å². The number of amides is 1. The van der Waals surface area contributed by atoms with Crippen LogP contribution in [0.4, 0.5) is 0 Å². The van der Waals surface area contributed by atoms with Gasteiger partial charge in [0.2, 0.25) is 5.82 Å². The maximum atomic E-state index is 11.9. The van der Waals surface area contributed by atoms with E-state index in [-0.39, 0.29) is 17.6 Å². The minimum atomic E-state index is -0.170. The molecule has 0 aliphatic carbocycles. The number of nitrogens with one attached hydrogen (secondary N) is 2. The van der Waals surface area contributed by atoms with Crippen molar-refractivity contribution in [3.8, 4) is 0 Å². The van der Waals surface area contributed by atoms with E-state index < -0.39 is 0 Å². The SMILES string of the molecule is CC(C)c1nc(C(=O)NCC2CCSCC2)n[nH]1. The molecule has 0 saturated carbocycles. The van der Waals surface area contributed by atoms with Crippen molar-refractivity contribution in [1.82, 2.24) is 20.5 Å². The molecule has 0 radical (unpaired) electrons. The predicted molar refractivity (Wildman–Crippen MR) is 72.9 cm³/mol. The monoisotopic (exact) mass is 268 g/mol. The minimum absolute atomic E-state index is 0.170. The molecule has 5 nitrogen and oxygen atoms in total. The lowest BCUT2D eigenvalue weighted by Crippen LogP contribution is -2.31. The first kappa shape index (κ1) is 13.4. The van der Waals surface area contributed by atoms with Crippen molar-refractivity contribution in [3.63, 3.8) is 0 Å². The first-order valence-electron chi connectivity index (χ1n) is 6.45. The molecular weight excluding hydrogens is 248 g/mol. The molecule has 1 saturated heterocycles. The lowest BCUT2D eigenvalue weighted by molar-refractivity contribution is 0.0936. The molecule has 1 amide bonds. The summed E-state index contributed by atoms with van der Waals surface area (Å²) in [4.78, 5) is 16.1. The fourth-order valence-corrected chi connectivity index (χ4v) is 3.10. The molecule has 1 aliphatic heterocycles. The molecule has 2 N–H and O–H groups in total. The zero-order valence-electron chi connectivity index (χ0n) is 10.9. The van der Waals surface area contributed by atoms with Crippen LogP contribution >= 0.6 is 11.8 Å². The van der Waals surface area contributed by atoms with Crippen LogP contribution in [0.15, 0.2) is 0 Å². The highest BCUT2D eigenvalue weighted by Crippen LogP contribution is 2.21. The van der Waals surface area contributed by atoms with Crippen LogP contribution in [0.5, 0.6) is 0 Å². The molecule has 0 unspecified atom stereocenters.